The van der Waals surface area contributed by atoms with E-state index in [9.17, 15) is 0 Å². The van der Waals surface area contributed by atoms with Crippen molar-refractivity contribution in [3.05, 3.63) is 36.3 Å². The molecule has 92 valence electrons. The van der Waals surface area contributed by atoms with E-state index in [1.165, 1.54) is 0 Å². The van der Waals surface area contributed by atoms with Crippen molar-refractivity contribution >= 4 is 5.65 Å². The van der Waals surface area contributed by atoms with Gasteiger partial charge in [0.2, 0.25) is 0 Å². The number of nitrogens with zero attached hydrogens (tertiary/aromatic N) is 2. The number of pyridine rings is 1. The van der Waals surface area contributed by atoms with Gasteiger partial charge < -0.3 is 14.8 Å². The first-order valence-electron chi connectivity index (χ1n) is 6.10. The molecular weight excluding hydrogens is 214 g/mol. The van der Waals surface area contributed by atoms with Crippen LogP contribution in [0.5, 0.6) is 0 Å². The number of fused-ring (bicyclic) bond motifs is 1. The highest BCUT2D eigenvalue weighted by Crippen LogP contribution is 2.05. The number of imidazole rings is 1. The Kier molecular flexibility index (Phi) is 4.12. The van der Waals surface area contributed by atoms with Gasteiger partial charge in [-0.05, 0) is 25.0 Å². The average molecular weight is 233 g/mol. The number of aliphatic hydroxyl groups is 1. The summed E-state index contributed by atoms with van der Waals surface area (Å²) in [5.74, 6) is 0. The smallest absolute Gasteiger partial charge is 0.137 e. The first-order chi connectivity index (χ1) is 8.33. The quantitative estimate of drug-likeness (QED) is 0.796. The molecule has 2 aromatic rings. The highest BCUT2D eigenvalue weighted by Gasteiger charge is 2.06. The molecule has 2 aromatic heterocycles. The summed E-state index contributed by atoms with van der Waals surface area (Å²) in [4.78, 5) is 4.52. The molecule has 2 heterocycles. The van der Waals surface area contributed by atoms with Gasteiger partial charge in [0, 0.05) is 31.6 Å². The predicted octanol–water partition coefficient (Wildman–Crippen LogP) is 1.58. The third-order valence-electron chi connectivity index (χ3n) is 2.96. The lowest BCUT2D eigenvalue weighted by molar-refractivity contribution is 0.262. The Morgan fingerprint density at radius 3 is 3.06 bits per heavy atom. The lowest BCUT2D eigenvalue weighted by Crippen LogP contribution is -2.28. The molecule has 0 aromatic carbocycles. The van der Waals surface area contributed by atoms with Crippen LogP contribution in [0, 0.1) is 0 Å². The van der Waals surface area contributed by atoms with Crippen LogP contribution in [0.2, 0.25) is 0 Å². The van der Waals surface area contributed by atoms with Gasteiger partial charge in [-0.1, -0.05) is 13.0 Å². The Morgan fingerprint density at radius 1 is 1.47 bits per heavy atom. The Morgan fingerprint density at radius 2 is 2.35 bits per heavy atom. The zero-order valence-corrected chi connectivity index (χ0v) is 10.1. The van der Waals surface area contributed by atoms with Crippen LogP contribution in [0.3, 0.4) is 0 Å². The Hall–Kier alpha value is -1.39. The lowest BCUT2D eigenvalue weighted by atomic mass is 10.1. The largest absolute Gasteiger partial charge is 0.396 e. The van der Waals surface area contributed by atoms with E-state index in [2.05, 4.69) is 17.2 Å². The van der Waals surface area contributed by atoms with Crippen LogP contribution in [0.25, 0.3) is 5.65 Å². The van der Waals surface area contributed by atoms with Crippen molar-refractivity contribution in [3.8, 4) is 0 Å². The van der Waals surface area contributed by atoms with Crippen molar-refractivity contribution in [3.63, 3.8) is 0 Å². The third-order valence-corrected chi connectivity index (χ3v) is 2.96. The van der Waals surface area contributed by atoms with E-state index >= 15 is 0 Å². The maximum absolute atomic E-state index is 8.92. The molecule has 1 unspecified atom stereocenters. The molecule has 17 heavy (non-hydrogen) atoms. The number of aromatic nitrogens is 2. The zero-order chi connectivity index (χ0) is 12.1. The second-order valence-corrected chi connectivity index (χ2v) is 4.20. The number of nitrogens with one attached hydrogen (secondary N) is 1. The molecule has 2 rings (SSSR count). The van der Waals surface area contributed by atoms with Crippen molar-refractivity contribution in [2.24, 2.45) is 0 Å². The number of hydrogen-bond acceptors (Lipinski definition) is 3. The van der Waals surface area contributed by atoms with E-state index in [0.29, 0.717) is 6.04 Å². The third kappa shape index (κ3) is 3.05. The Balaban J connectivity index is 1.98. The van der Waals surface area contributed by atoms with E-state index in [4.69, 9.17) is 5.11 Å². The van der Waals surface area contributed by atoms with E-state index in [1.807, 2.05) is 35.0 Å². The molecule has 1 atom stereocenters. The van der Waals surface area contributed by atoms with Gasteiger partial charge in [0.15, 0.2) is 0 Å². The summed E-state index contributed by atoms with van der Waals surface area (Å²) < 4.78 is 2.02. The van der Waals surface area contributed by atoms with Crippen molar-refractivity contribution in [2.45, 2.75) is 32.4 Å². The SMILES string of the molecule is CCC(CCO)NCc1cn2ccccc2n1. The van der Waals surface area contributed by atoms with Gasteiger partial charge in [-0.15, -0.1) is 0 Å². The molecule has 4 nitrogen and oxygen atoms in total. The van der Waals surface area contributed by atoms with Crippen molar-refractivity contribution in [1.29, 1.82) is 0 Å². The molecule has 0 saturated carbocycles. The molecule has 2 N–H and O–H groups in total. The maximum Gasteiger partial charge on any atom is 0.137 e. The summed E-state index contributed by atoms with van der Waals surface area (Å²) in [5.41, 5.74) is 2.01. The fourth-order valence-corrected chi connectivity index (χ4v) is 1.93. The monoisotopic (exact) mass is 233 g/mol. The molecule has 0 spiro atoms. The average Bonchev–Trinajstić information content (AvgIpc) is 2.77. The molecule has 0 radical (unpaired) electrons. The van der Waals surface area contributed by atoms with Crippen LogP contribution in [-0.2, 0) is 6.54 Å². The van der Waals surface area contributed by atoms with Crippen LogP contribution < -0.4 is 5.32 Å². The molecule has 0 aliphatic heterocycles. The summed E-state index contributed by atoms with van der Waals surface area (Å²) in [6.45, 7) is 3.11. The summed E-state index contributed by atoms with van der Waals surface area (Å²) in [6.07, 6.45) is 5.85. The Bertz CT molecular complexity index is 433. The van der Waals surface area contributed by atoms with Crippen molar-refractivity contribution in [1.82, 2.24) is 14.7 Å². The molecule has 0 amide bonds. The van der Waals surface area contributed by atoms with Crippen LogP contribution >= 0.6 is 0 Å². The summed E-state index contributed by atoms with van der Waals surface area (Å²) in [7, 11) is 0. The van der Waals surface area contributed by atoms with E-state index < -0.39 is 0 Å². The van der Waals surface area contributed by atoms with Crippen LogP contribution in [0.4, 0.5) is 0 Å². The summed E-state index contributed by atoms with van der Waals surface area (Å²) in [5, 5.41) is 12.3. The lowest BCUT2D eigenvalue weighted by Gasteiger charge is -2.14. The number of rotatable bonds is 6. The van der Waals surface area contributed by atoms with E-state index in [1.54, 1.807) is 0 Å². The molecule has 0 aliphatic carbocycles. The van der Waals surface area contributed by atoms with Gasteiger partial charge in [-0.25, -0.2) is 4.98 Å². The standard InChI is InChI=1S/C13H19N3O/c1-2-11(6-8-17)14-9-12-10-16-7-4-3-5-13(16)15-12/h3-5,7,10-11,14,17H,2,6,8-9H2,1H3. The van der Waals surface area contributed by atoms with Gasteiger partial charge in [0.1, 0.15) is 5.65 Å². The topological polar surface area (TPSA) is 49.6 Å². The van der Waals surface area contributed by atoms with Crippen molar-refractivity contribution in [2.75, 3.05) is 6.61 Å². The maximum atomic E-state index is 8.92. The minimum absolute atomic E-state index is 0.233. The normalized spacial score (nSPS) is 13.1. The van der Waals surface area contributed by atoms with Gasteiger partial charge in [0.25, 0.3) is 0 Å². The highest BCUT2D eigenvalue weighted by atomic mass is 16.3. The molecule has 0 fully saturated rings. The van der Waals surface area contributed by atoms with Gasteiger partial charge in [-0.3, -0.25) is 0 Å². The van der Waals surface area contributed by atoms with E-state index in [0.717, 1.165) is 30.7 Å². The number of aliphatic hydroxyl groups excluding tert-OH is 1. The van der Waals surface area contributed by atoms with Crippen molar-refractivity contribution < 1.29 is 5.11 Å². The molecule has 0 bridgehead atoms. The first-order valence-corrected chi connectivity index (χ1v) is 6.10. The molecular formula is C13H19N3O. The Labute approximate surface area is 101 Å². The van der Waals surface area contributed by atoms with Gasteiger partial charge >= 0.3 is 0 Å². The molecule has 0 saturated heterocycles. The minimum Gasteiger partial charge on any atom is -0.396 e. The fourth-order valence-electron chi connectivity index (χ4n) is 1.93. The summed E-state index contributed by atoms with van der Waals surface area (Å²) >= 11 is 0. The summed E-state index contributed by atoms with van der Waals surface area (Å²) in [6, 6.07) is 6.34. The first kappa shape index (κ1) is 12.1. The zero-order valence-electron chi connectivity index (χ0n) is 10.1. The van der Waals surface area contributed by atoms with Crippen LogP contribution in [0.15, 0.2) is 30.6 Å². The van der Waals surface area contributed by atoms with Gasteiger partial charge in [0.05, 0.1) is 5.69 Å². The van der Waals surface area contributed by atoms with E-state index in [-0.39, 0.29) is 6.61 Å². The molecule has 0 aliphatic rings. The van der Waals surface area contributed by atoms with Crippen LogP contribution in [0.1, 0.15) is 25.5 Å². The minimum atomic E-state index is 0.233. The predicted molar refractivity (Wildman–Crippen MR) is 67.8 cm³/mol. The van der Waals surface area contributed by atoms with Crippen LogP contribution in [-0.4, -0.2) is 27.1 Å². The fraction of sp³-hybridized carbons (Fsp3) is 0.462. The second kappa shape index (κ2) is 5.80. The number of hydrogen-bond donors (Lipinski definition) is 2. The molecule has 4 heteroatoms. The highest BCUT2D eigenvalue weighted by molar-refractivity contribution is 5.39. The van der Waals surface area contributed by atoms with Gasteiger partial charge in [-0.2, -0.15) is 0 Å². The second-order valence-electron chi connectivity index (χ2n) is 4.20.